The van der Waals surface area contributed by atoms with Crippen molar-refractivity contribution in [3.63, 3.8) is 0 Å². The van der Waals surface area contributed by atoms with Gasteiger partial charge in [0.05, 0.1) is 17.6 Å². The molecule has 1 aliphatic heterocycles. The number of rotatable bonds is 8. The first-order valence-corrected chi connectivity index (χ1v) is 10.3. The molecule has 0 radical (unpaired) electrons. The minimum atomic E-state index is -0.0489. The average molecular weight is 395 g/mol. The number of carbonyl (C=O) groups is 2. The molecule has 1 saturated heterocycles. The molecule has 3 heterocycles. The van der Waals surface area contributed by atoms with Gasteiger partial charge in [-0.2, -0.15) is 0 Å². The van der Waals surface area contributed by atoms with E-state index in [4.69, 9.17) is 4.74 Å². The minimum Gasteiger partial charge on any atom is -0.376 e. The van der Waals surface area contributed by atoms with Crippen LogP contribution in [0.15, 0.2) is 4.34 Å². The zero-order valence-corrected chi connectivity index (χ0v) is 16.7. The molecule has 1 unspecified atom stereocenters. The highest BCUT2D eigenvalue weighted by atomic mass is 32.2. The number of ketones is 2. The van der Waals surface area contributed by atoms with Crippen LogP contribution in [0.25, 0.3) is 0 Å². The van der Waals surface area contributed by atoms with Crippen molar-refractivity contribution in [1.29, 1.82) is 0 Å². The van der Waals surface area contributed by atoms with Crippen LogP contribution < -0.4 is 5.32 Å². The standard InChI is InChI=1S/C17H22N4O3S2/c1-9-14(11(3)22)10(2)19-15(9)13(23)8-25-17-21-20-16(26-17)18-7-12-5-4-6-24-12/h12,19H,4-8H2,1-3H3,(H,18,20). The average Bonchev–Trinajstić information content (AvgIpc) is 3.31. The Morgan fingerprint density at radius 2 is 2.19 bits per heavy atom. The van der Waals surface area contributed by atoms with Crippen LogP contribution in [-0.4, -0.2) is 51.8 Å². The van der Waals surface area contributed by atoms with Gasteiger partial charge < -0.3 is 15.0 Å². The Labute approximate surface area is 160 Å². The van der Waals surface area contributed by atoms with E-state index in [1.165, 1.54) is 30.0 Å². The van der Waals surface area contributed by atoms with Crippen LogP contribution in [0.3, 0.4) is 0 Å². The molecule has 9 heteroatoms. The maximum Gasteiger partial charge on any atom is 0.206 e. The van der Waals surface area contributed by atoms with Gasteiger partial charge in [0.15, 0.2) is 15.9 Å². The number of aromatic amines is 1. The molecule has 26 heavy (non-hydrogen) atoms. The highest BCUT2D eigenvalue weighted by Crippen LogP contribution is 2.27. The monoisotopic (exact) mass is 394 g/mol. The van der Waals surface area contributed by atoms with Crippen molar-refractivity contribution in [2.24, 2.45) is 0 Å². The van der Waals surface area contributed by atoms with Crippen LogP contribution in [0, 0.1) is 13.8 Å². The van der Waals surface area contributed by atoms with Crippen LogP contribution in [0.2, 0.25) is 0 Å². The van der Waals surface area contributed by atoms with Gasteiger partial charge in [-0.3, -0.25) is 9.59 Å². The fourth-order valence-electron chi connectivity index (χ4n) is 3.10. The molecule has 3 rings (SSSR count). The minimum absolute atomic E-state index is 0.0333. The summed E-state index contributed by atoms with van der Waals surface area (Å²) in [5.74, 6) is 0.166. The number of hydrogen-bond acceptors (Lipinski definition) is 8. The summed E-state index contributed by atoms with van der Waals surface area (Å²) in [6.45, 7) is 6.68. The lowest BCUT2D eigenvalue weighted by molar-refractivity contribution is 0.101. The molecule has 0 spiro atoms. The van der Waals surface area contributed by atoms with Crippen molar-refractivity contribution < 1.29 is 14.3 Å². The van der Waals surface area contributed by atoms with Gasteiger partial charge in [0.2, 0.25) is 5.13 Å². The molecule has 0 bridgehead atoms. The Hall–Kier alpha value is -1.71. The molecule has 2 aromatic rings. The zero-order chi connectivity index (χ0) is 18.7. The van der Waals surface area contributed by atoms with E-state index < -0.39 is 0 Å². The van der Waals surface area contributed by atoms with Gasteiger partial charge in [-0.25, -0.2) is 0 Å². The Balaban J connectivity index is 1.55. The molecule has 1 aliphatic rings. The molecule has 2 aromatic heterocycles. The van der Waals surface area contributed by atoms with Crippen LogP contribution >= 0.6 is 23.1 Å². The molecule has 140 valence electrons. The molecule has 0 saturated carbocycles. The molecule has 0 aromatic carbocycles. The quantitative estimate of drug-likeness (QED) is 0.524. The van der Waals surface area contributed by atoms with Gasteiger partial charge in [0.1, 0.15) is 0 Å². The van der Waals surface area contributed by atoms with E-state index >= 15 is 0 Å². The van der Waals surface area contributed by atoms with Crippen molar-refractivity contribution in [1.82, 2.24) is 15.2 Å². The number of aromatic nitrogens is 3. The predicted molar refractivity (Wildman–Crippen MR) is 103 cm³/mol. The summed E-state index contributed by atoms with van der Waals surface area (Å²) in [5, 5.41) is 12.2. The summed E-state index contributed by atoms with van der Waals surface area (Å²) in [6.07, 6.45) is 2.42. The number of thioether (sulfide) groups is 1. The predicted octanol–water partition coefficient (Wildman–Crippen LogP) is 3.25. The van der Waals surface area contributed by atoms with Gasteiger partial charge >= 0.3 is 0 Å². The van der Waals surface area contributed by atoms with Crippen molar-refractivity contribution in [3.8, 4) is 0 Å². The molecular weight excluding hydrogens is 372 g/mol. The van der Waals surface area contributed by atoms with E-state index in [0.29, 0.717) is 11.3 Å². The van der Waals surface area contributed by atoms with E-state index in [-0.39, 0.29) is 23.4 Å². The van der Waals surface area contributed by atoms with Crippen molar-refractivity contribution >= 4 is 39.8 Å². The number of nitrogens with zero attached hydrogens (tertiary/aromatic N) is 2. The van der Waals surface area contributed by atoms with Gasteiger partial charge in [-0.1, -0.05) is 23.1 Å². The fourth-order valence-corrected chi connectivity index (χ4v) is 4.73. The van der Waals surface area contributed by atoms with Gasteiger partial charge in [-0.05, 0) is 39.2 Å². The number of aryl methyl sites for hydroxylation is 1. The first kappa shape index (κ1) is 19.1. The summed E-state index contributed by atoms with van der Waals surface area (Å²) in [4.78, 5) is 27.2. The Morgan fingerprint density at radius 3 is 2.85 bits per heavy atom. The SMILES string of the molecule is CC(=O)c1c(C)[nH]c(C(=O)CSc2nnc(NCC3CCCO3)s2)c1C. The van der Waals surface area contributed by atoms with E-state index in [0.717, 1.165) is 46.7 Å². The van der Waals surface area contributed by atoms with Crippen LogP contribution in [-0.2, 0) is 4.74 Å². The lowest BCUT2D eigenvalue weighted by Gasteiger charge is -2.08. The highest BCUT2D eigenvalue weighted by molar-refractivity contribution is 8.01. The van der Waals surface area contributed by atoms with E-state index in [1.807, 2.05) is 6.92 Å². The molecule has 0 amide bonds. The van der Waals surface area contributed by atoms with Crippen LogP contribution in [0.1, 0.15) is 51.9 Å². The number of ether oxygens (including phenoxy) is 1. The number of anilines is 1. The second kappa shape index (κ2) is 8.32. The third kappa shape index (κ3) is 4.33. The number of nitrogens with one attached hydrogen (secondary N) is 2. The highest BCUT2D eigenvalue weighted by Gasteiger charge is 2.20. The van der Waals surface area contributed by atoms with Gasteiger partial charge in [-0.15, -0.1) is 10.2 Å². The number of carbonyl (C=O) groups excluding carboxylic acids is 2. The summed E-state index contributed by atoms with van der Waals surface area (Å²) >= 11 is 2.78. The molecule has 1 fully saturated rings. The molecular formula is C17H22N4O3S2. The topological polar surface area (TPSA) is 97.0 Å². The number of hydrogen-bond donors (Lipinski definition) is 2. The summed E-state index contributed by atoms with van der Waals surface area (Å²) in [6, 6.07) is 0. The Morgan fingerprint density at radius 1 is 1.38 bits per heavy atom. The molecule has 1 atom stereocenters. The lowest BCUT2D eigenvalue weighted by atomic mass is 10.1. The maximum absolute atomic E-state index is 12.5. The number of Topliss-reactive ketones (excluding diaryl/α,β-unsaturated/α-hetero) is 2. The first-order chi connectivity index (χ1) is 12.5. The molecule has 2 N–H and O–H groups in total. The maximum atomic E-state index is 12.5. The molecule has 0 aliphatic carbocycles. The molecule has 7 nitrogen and oxygen atoms in total. The second-order valence-corrected chi connectivity index (χ2v) is 8.48. The summed E-state index contributed by atoms with van der Waals surface area (Å²) in [7, 11) is 0. The first-order valence-electron chi connectivity index (χ1n) is 8.50. The smallest absolute Gasteiger partial charge is 0.206 e. The third-order valence-electron chi connectivity index (χ3n) is 4.31. The van der Waals surface area contributed by atoms with E-state index in [9.17, 15) is 9.59 Å². The summed E-state index contributed by atoms with van der Waals surface area (Å²) in [5.41, 5.74) is 2.56. The largest absolute Gasteiger partial charge is 0.376 e. The van der Waals surface area contributed by atoms with Crippen LogP contribution in [0.4, 0.5) is 5.13 Å². The van der Waals surface area contributed by atoms with Gasteiger partial charge in [0, 0.05) is 24.4 Å². The lowest BCUT2D eigenvalue weighted by Crippen LogP contribution is -2.18. The Bertz CT molecular complexity index is 809. The van der Waals surface area contributed by atoms with Crippen molar-refractivity contribution in [2.75, 3.05) is 24.2 Å². The normalized spacial score (nSPS) is 16.8. The Kier molecular flexibility index (Phi) is 6.10. The fraction of sp³-hybridized carbons (Fsp3) is 0.529. The van der Waals surface area contributed by atoms with Gasteiger partial charge in [0.25, 0.3) is 0 Å². The van der Waals surface area contributed by atoms with E-state index in [2.05, 4.69) is 20.5 Å². The number of H-pyrrole nitrogens is 1. The van der Waals surface area contributed by atoms with Crippen molar-refractivity contribution in [3.05, 3.63) is 22.5 Å². The summed E-state index contributed by atoms with van der Waals surface area (Å²) < 4.78 is 6.30. The van der Waals surface area contributed by atoms with E-state index in [1.54, 1.807) is 6.92 Å². The zero-order valence-electron chi connectivity index (χ0n) is 15.0. The van der Waals surface area contributed by atoms with Crippen molar-refractivity contribution in [2.45, 2.75) is 44.1 Å². The van der Waals surface area contributed by atoms with Crippen LogP contribution in [0.5, 0.6) is 0 Å². The second-order valence-electron chi connectivity index (χ2n) is 6.28. The third-order valence-corrected chi connectivity index (χ3v) is 6.32.